The van der Waals surface area contributed by atoms with Crippen LogP contribution in [0, 0.1) is 17.8 Å². The number of esters is 4. The Morgan fingerprint density at radius 1 is 0.410 bits per heavy atom. The maximum Gasteiger partial charge on any atom is 0.412 e. The number of carbonyl (C=O) groups is 6. The molecule has 0 fully saturated rings. The van der Waals surface area contributed by atoms with Crippen molar-refractivity contribution in [3.8, 4) is 34.5 Å². The van der Waals surface area contributed by atoms with E-state index in [1.807, 2.05) is 113 Å². The summed E-state index contributed by atoms with van der Waals surface area (Å²) < 4.78 is 46.3. The number of allylic oxidation sites excluding steroid dienone is 9. The quantitative estimate of drug-likeness (QED) is 0.0237. The maximum atomic E-state index is 12.8. The molecule has 582 valence electrons. The number of nitrogens with zero attached hydrogens (tertiary/aromatic N) is 2. The Hall–Kier alpha value is -7.64. The summed E-state index contributed by atoms with van der Waals surface area (Å²) in [6, 6.07) is 11.7. The van der Waals surface area contributed by atoms with E-state index >= 15 is 0 Å². The second-order valence-electron chi connectivity index (χ2n) is 29.1. The Labute approximate surface area is 630 Å². The van der Waals surface area contributed by atoms with Crippen molar-refractivity contribution in [3.05, 3.63) is 141 Å². The van der Waals surface area contributed by atoms with Crippen LogP contribution in [-0.2, 0) is 47.9 Å². The van der Waals surface area contributed by atoms with Gasteiger partial charge in [0.25, 0.3) is 0 Å². The highest BCUT2D eigenvalue weighted by Crippen LogP contribution is 2.51. The number of aryl methyl sites for hydroxylation is 3. The summed E-state index contributed by atoms with van der Waals surface area (Å²) in [6.07, 6.45) is 23.8. The molecular weight excluding hydrogens is 1320 g/mol. The molecule has 0 bridgehead atoms. The fraction of sp³-hybridized carbons (Fsp3) is 0.586. The number of amides is 2. The van der Waals surface area contributed by atoms with Crippen LogP contribution < -0.4 is 39.1 Å². The zero-order valence-corrected chi connectivity index (χ0v) is 67.2. The van der Waals surface area contributed by atoms with Gasteiger partial charge in [0.05, 0.1) is 39.1 Å². The lowest BCUT2D eigenvalue weighted by Crippen LogP contribution is -2.29. The van der Waals surface area contributed by atoms with Gasteiger partial charge in [-0.05, 0) is 245 Å². The van der Waals surface area contributed by atoms with Crippen molar-refractivity contribution in [2.75, 3.05) is 80.8 Å². The van der Waals surface area contributed by atoms with Crippen molar-refractivity contribution in [1.82, 2.24) is 20.4 Å². The van der Waals surface area contributed by atoms with Crippen LogP contribution in [0.3, 0.4) is 0 Å². The molecular formula is C87H130N4O14. The monoisotopic (exact) mass is 1450 g/mol. The molecule has 0 spiro atoms. The number of unbranched alkanes of at least 4 members (excludes halogenated alkanes) is 6. The Morgan fingerprint density at radius 2 is 0.676 bits per heavy atom. The normalized spacial score (nSPS) is 17.6. The number of likely N-dealkylation sites (N-methyl/N-ethyl adjacent to an activating group) is 2. The average Bonchev–Trinajstić information content (AvgIpc) is 0.790. The molecule has 0 saturated heterocycles. The Kier molecular flexibility index (Phi) is 40.9. The van der Waals surface area contributed by atoms with E-state index in [4.69, 9.17) is 37.9 Å². The van der Waals surface area contributed by atoms with Gasteiger partial charge in [0, 0.05) is 60.7 Å². The van der Waals surface area contributed by atoms with Gasteiger partial charge in [-0.25, -0.2) is 9.59 Å². The SMILES string of the molecule is C=C(C)C1CCC(C)=CC1c1c(OC(=O)CCOCC)cc(CCCCC)cc1OC(=O)CCOCC.C=C(C)C1CCC(C)=CC1c1c(OC(=O)CN(C)C)cc(CCCCC)cc1OC(=O)CN(C)C.C=C(C)C1CCC(C)=CC1c1c(OC(=O)NCC)cc(CCCCC)cc1OC(=O)NCC. The highest BCUT2D eigenvalue weighted by atomic mass is 16.6. The minimum Gasteiger partial charge on any atom is -0.426 e. The van der Waals surface area contributed by atoms with Crippen LogP contribution in [0.5, 0.6) is 34.5 Å². The molecule has 6 unspecified atom stereocenters. The van der Waals surface area contributed by atoms with Gasteiger partial charge in [-0.3, -0.25) is 29.0 Å². The molecule has 3 aliphatic carbocycles. The first-order valence-electron chi connectivity index (χ1n) is 38.8. The predicted molar refractivity (Wildman–Crippen MR) is 422 cm³/mol. The molecule has 3 aromatic carbocycles. The first-order chi connectivity index (χ1) is 50.1. The number of hydrogen-bond donors (Lipinski definition) is 2. The minimum absolute atomic E-state index is 0.0877. The Balaban J connectivity index is 0.000000334. The minimum atomic E-state index is -0.517. The van der Waals surface area contributed by atoms with Crippen LogP contribution in [0.15, 0.2) is 108 Å². The Morgan fingerprint density at radius 3 is 0.914 bits per heavy atom. The third-order valence-electron chi connectivity index (χ3n) is 19.0. The lowest BCUT2D eigenvalue weighted by atomic mass is 9.73. The lowest BCUT2D eigenvalue weighted by Gasteiger charge is -2.32. The highest BCUT2D eigenvalue weighted by molar-refractivity contribution is 5.79. The van der Waals surface area contributed by atoms with E-state index in [0.29, 0.717) is 74.0 Å². The largest absolute Gasteiger partial charge is 0.426 e. The van der Waals surface area contributed by atoms with Gasteiger partial charge in [-0.1, -0.05) is 131 Å². The van der Waals surface area contributed by atoms with Crippen molar-refractivity contribution in [3.63, 3.8) is 0 Å². The van der Waals surface area contributed by atoms with Gasteiger partial charge in [0.1, 0.15) is 34.5 Å². The molecule has 6 rings (SSSR count). The summed E-state index contributed by atoms with van der Waals surface area (Å²) in [7, 11) is 7.34. The zero-order chi connectivity index (χ0) is 77.7. The van der Waals surface area contributed by atoms with Gasteiger partial charge in [-0.15, -0.1) is 0 Å². The fourth-order valence-corrected chi connectivity index (χ4v) is 13.7. The molecule has 0 saturated carbocycles. The Bertz CT molecular complexity index is 3320. The summed E-state index contributed by atoms with van der Waals surface area (Å²) in [5.41, 5.74) is 12.2. The topological polar surface area (TPSA) is 207 Å². The van der Waals surface area contributed by atoms with E-state index in [2.05, 4.69) is 90.1 Å². The number of rotatable bonds is 38. The van der Waals surface area contributed by atoms with E-state index in [-0.39, 0.29) is 85.3 Å². The number of ether oxygens (including phenoxy) is 8. The molecule has 105 heavy (non-hydrogen) atoms. The average molecular weight is 1460 g/mol. The second kappa shape index (κ2) is 47.8. The smallest absolute Gasteiger partial charge is 0.412 e. The lowest BCUT2D eigenvalue weighted by molar-refractivity contribution is -0.136. The molecule has 3 aliphatic rings. The number of benzene rings is 3. The van der Waals surface area contributed by atoms with Crippen LogP contribution in [0.4, 0.5) is 9.59 Å². The molecule has 3 aromatic rings. The third kappa shape index (κ3) is 31.0. The molecule has 18 heteroatoms. The maximum absolute atomic E-state index is 12.8. The molecule has 0 aliphatic heterocycles. The van der Waals surface area contributed by atoms with E-state index < -0.39 is 12.2 Å². The van der Waals surface area contributed by atoms with Crippen molar-refractivity contribution in [2.45, 2.75) is 236 Å². The van der Waals surface area contributed by atoms with Crippen LogP contribution in [-0.4, -0.2) is 127 Å². The molecule has 0 aromatic heterocycles. The van der Waals surface area contributed by atoms with Crippen molar-refractivity contribution in [2.24, 2.45) is 17.8 Å². The van der Waals surface area contributed by atoms with Crippen molar-refractivity contribution >= 4 is 36.1 Å². The van der Waals surface area contributed by atoms with Gasteiger partial charge in [0.2, 0.25) is 0 Å². The molecule has 0 radical (unpaired) electrons. The molecule has 0 heterocycles. The first-order valence-corrected chi connectivity index (χ1v) is 38.8. The third-order valence-corrected chi connectivity index (χ3v) is 19.0. The summed E-state index contributed by atoms with van der Waals surface area (Å²) in [6.45, 7) is 42.1. The van der Waals surface area contributed by atoms with Crippen molar-refractivity contribution < 1.29 is 66.7 Å². The van der Waals surface area contributed by atoms with Gasteiger partial charge < -0.3 is 48.5 Å². The number of hydrogen-bond acceptors (Lipinski definition) is 16. The highest BCUT2D eigenvalue weighted by Gasteiger charge is 2.36. The van der Waals surface area contributed by atoms with Gasteiger partial charge in [0.15, 0.2) is 0 Å². The van der Waals surface area contributed by atoms with Crippen LogP contribution in [0.1, 0.15) is 250 Å². The predicted octanol–water partition coefficient (Wildman–Crippen LogP) is 19.1. The zero-order valence-electron chi connectivity index (χ0n) is 67.2. The molecule has 2 amide bonds. The van der Waals surface area contributed by atoms with Gasteiger partial charge in [-0.2, -0.15) is 0 Å². The first kappa shape index (κ1) is 89.8. The number of carbonyl (C=O) groups excluding carboxylic acids is 6. The van der Waals surface area contributed by atoms with Crippen LogP contribution in [0.25, 0.3) is 0 Å². The van der Waals surface area contributed by atoms with Crippen LogP contribution >= 0.6 is 0 Å². The molecule has 6 atom stereocenters. The fourth-order valence-electron chi connectivity index (χ4n) is 13.7. The van der Waals surface area contributed by atoms with E-state index in [9.17, 15) is 28.8 Å². The van der Waals surface area contributed by atoms with E-state index in [1.54, 1.807) is 9.80 Å². The second-order valence-corrected chi connectivity index (χ2v) is 29.1. The number of nitrogens with one attached hydrogen (secondary N) is 2. The summed E-state index contributed by atoms with van der Waals surface area (Å²) >= 11 is 0. The van der Waals surface area contributed by atoms with Crippen molar-refractivity contribution in [1.29, 1.82) is 0 Å². The summed E-state index contributed by atoms with van der Waals surface area (Å²) in [4.78, 5) is 79.7. The van der Waals surface area contributed by atoms with Gasteiger partial charge >= 0.3 is 36.1 Å². The standard InChI is InChI=1S/C31H46O6.C29H44N2O4.C27H40N2O4/c1-7-10-11-12-24-20-27(36-29(32)15-17-34-8-2)31(26-19-23(6)13-14-25(26)22(4)5)28(21-24)37-30(33)16-18-35-9-3;1-9-10-11-12-22-16-25(34-27(32)18-30(5)6)29(26(17-22)35-28(33)19-31(7)8)24-15-21(4)13-14-23(24)20(2)3;1-7-10-11-12-20-16-23(32-26(30)28-8-2)25(24(17-20)33-27(31)29-9-3)22-15-19(6)13-14-21(22)18(4)5/h19-21,25-26H,4,7-18H2,1-3,5-6H3;15-17,23-24H,2,9-14,18-19H2,1,3-8H3;15-17,21-22H,4,7-14H2,1-3,5-6H3,(H,28,30)(H,29,31). The summed E-state index contributed by atoms with van der Waals surface area (Å²) in [5, 5.41) is 5.41. The van der Waals surface area contributed by atoms with Crippen LogP contribution in [0.2, 0.25) is 0 Å². The summed E-state index contributed by atoms with van der Waals surface area (Å²) in [5.74, 6) is 1.56. The molecule has 2 N–H and O–H groups in total. The molecule has 18 nitrogen and oxygen atoms in total. The van der Waals surface area contributed by atoms with E-state index in [0.717, 1.165) is 166 Å². The van der Waals surface area contributed by atoms with E-state index in [1.165, 1.54) is 16.7 Å².